The molecule has 2 aromatic rings. The number of alkyl halides is 6. The topological polar surface area (TPSA) is 104 Å². The Labute approximate surface area is 184 Å². The van der Waals surface area contributed by atoms with E-state index >= 15 is 0 Å². The Bertz CT molecular complexity index is 1050. The lowest BCUT2D eigenvalue weighted by molar-refractivity contribution is -0.376. The van der Waals surface area contributed by atoms with Gasteiger partial charge in [-0.05, 0) is 44.5 Å². The smallest absolute Gasteiger partial charge is 0.398 e. The molecular formula is C21H21F6N3O3. The molecule has 0 aliphatic heterocycles. The molecule has 0 spiro atoms. The number of halogens is 6. The van der Waals surface area contributed by atoms with Crippen LogP contribution in [0.1, 0.15) is 45.7 Å². The average Bonchev–Trinajstić information content (AvgIpc) is 2.66. The summed E-state index contributed by atoms with van der Waals surface area (Å²) in [7, 11) is 0. The number of nitrogens with one attached hydrogen (secondary N) is 2. The van der Waals surface area contributed by atoms with E-state index in [1.54, 1.807) is 13.8 Å². The Kier molecular flexibility index (Phi) is 7.03. The van der Waals surface area contributed by atoms with Gasteiger partial charge in [0.2, 0.25) is 0 Å². The fraction of sp³-hybridized carbons (Fsp3) is 0.333. The van der Waals surface area contributed by atoms with Gasteiger partial charge in [-0.25, -0.2) is 0 Å². The van der Waals surface area contributed by atoms with Crippen molar-refractivity contribution in [2.75, 3.05) is 11.1 Å². The molecular weight excluding hydrogens is 456 g/mol. The minimum atomic E-state index is -6.04. The third-order valence-electron chi connectivity index (χ3n) is 4.70. The molecule has 0 radical (unpaired) electrons. The SMILES string of the molecule is Cc1cc(C(O)(C(F)(F)F)C(F)(F)F)ccc1NC(=O)c1cccc(N)c1C(=O)NC(C)C. The third-order valence-corrected chi connectivity index (χ3v) is 4.70. The van der Waals surface area contributed by atoms with Crippen molar-refractivity contribution in [3.8, 4) is 0 Å². The predicted octanol–water partition coefficient (Wildman–Crippen LogP) is 4.28. The number of aliphatic hydroxyl groups is 1. The van der Waals surface area contributed by atoms with E-state index in [0.717, 1.165) is 13.0 Å². The second kappa shape index (κ2) is 8.93. The minimum absolute atomic E-state index is 0.00621. The maximum absolute atomic E-state index is 13.1. The zero-order valence-corrected chi connectivity index (χ0v) is 17.7. The van der Waals surface area contributed by atoms with Crippen molar-refractivity contribution < 1.29 is 41.0 Å². The van der Waals surface area contributed by atoms with E-state index in [1.165, 1.54) is 18.2 Å². The monoisotopic (exact) mass is 477 g/mol. The Morgan fingerprint density at radius 3 is 2.03 bits per heavy atom. The van der Waals surface area contributed by atoms with Gasteiger partial charge in [0.25, 0.3) is 17.4 Å². The quantitative estimate of drug-likeness (QED) is 0.381. The standard InChI is InChI=1S/C21H21F6N3O3/c1-10(2)29-18(32)16-13(5-4-6-14(16)28)17(31)30-15-8-7-12(9-11(15)3)19(33,20(22,23)24)21(25,26)27/h4-10,33H,28H2,1-3H3,(H,29,32)(H,30,31). The number of aryl methyl sites for hydroxylation is 1. The molecule has 5 N–H and O–H groups in total. The van der Waals surface area contributed by atoms with Gasteiger partial charge in [0.15, 0.2) is 0 Å². The summed E-state index contributed by atoms with van der Waals surface area (Å²) in [6, 6.07) is 5.49. The van der Waals surface area contributed by atoms with Gasteiger partial charge in [-0.2, -0.15) is 26.3 Å². The summed E-state index contributed by atoms with van der Waals surface area (Å²) in [4.78, 5) is 25.2. The highest BCUT2D eigenvalue weighted by Gasteiger charge is 2.71. The first-order chi connectivity index (χ1) is 15.0. The zero-order valence-electron chi connectivity index (χ0n) is 17.7. The Morgan fingerprint density at radius 2 is 1.55 bits per heavy atom. The van der Waals surface area contributed by atoms with Crippen LogP contribution in [0, 0.1) is 6.92 Å². The first-order valence-corrected chi connectivity index (χ1v) is 9.48. The lowest BCUT2D eigenvalue weighted by Gasteiger charge is -2.33. The van der Waals surface area contributed by atoms with Gasteiger partial charge >= 0.3 is 12.4 Å². The summed E-state index contributed by atoms with van der Waals surface area (Å²) in [6.07, 6.45) is -12.1. The normalized spacial score (nSPS) is 12.6. The second-order valence-electron chi connectivity index (χ2n) is 7.59. The average molecular weight is 477 g/mol. The Hall–Kier alpha value is -3.28. The first-order valence-electron chi connectivity index (χ1n) is 9.48. The molecule has 0 bridgehead atoms. The summed E-state index contributed by atoms with van der Waals surface area (Å²) in [5.74, 6) is -1.50. The van der Waals surface area contributed by atoms with Crippen LogP contribution in [0.2, 0.25) is 0 Å². The van der Waals surface area contributed by atoms with Crippen LogP contribution in [0.25, 0.3) is 0 Å². The van der Waals surface area contributed by atoms with E-state index in [9.17, 15) is 41.0 Å². The number of nitrogens with two attached hydrogens (primary N) is 1. The number of nitrogen functional groups attached to an aromatic ring is 1. The van der Waals surface area contributed by atoms with Crippen LogP contribution in [0.4, 0.5) is 37.7 Å². The number of rotatable bonds is 5. The molecule has 0 atom stereocenters. The van der Waals surface area contributed by atoms with E-state index in [4.69, 9.17) is 5.73 Å². The Balaban J connectivity index is 2.44. The number of hydrogen-bond donors (Lipinski definition) is 4. The molecule has 0 aliphatic carbocycles. The summed E-state index contributed by atoms with van der Waals surface area (Å²) in [5, 5.41) is 14.5. The van der Waals surface area contributed by atoms with Gasteiger partial charge in [-0.15, -0.1) is 0 Å². The molecule has 0 saturated carbocycles. The fourth-order valence-corrected chi connectivity index (χ4v) is 3.05. The van der Waals surface area contributed by atoms with Crippen molar-refractivity contribution in [1.82, 2.24) is 5.32 Å². The minimum Gasteiger partial charge on any atom is -0.398 e. The molecule has 2 amide bonds. The van der Waals surface area contributed by atoms with E-state index in [2.05, 4.69) is 10.6 Å². The predicted molar refractivity (Wildman–Crippen MR) is 109 cm³/mol. The molecule has 0 aromatic heterocycles. The summed E-state index contributed by atoms with van der Waals surface area (Å²) < 4.78 is 78.7. The lowest BCUT2D eigenvalue weighted by atomic mass is 9.90. The van der Waals surface area contributed by atoms with Gasteiger partial charge in [0.05, 0.1) is 11.1 Å². The van der Waals surface area contributed by atoms with Crippen LogP contribution in [0.3, 0.4) is 0 Å². The molecule has 0 unspecified atom stereocenters. The van der Waals surface area contributed by atoms with Crippen LogP contribution in [0.15, 0.2) is 36.4 Å². The lowest BCUT2D eigenvalue weighted by Crippen LogP contribution is -2.53. The third kappa shape index (κ3) is 5.05. The van der Waals surface area contributed by atoms with Crippen molar-refractivity contribution in [3.05, 3.63) is 58.7 Å². The number of anilines is 2. The van der Waals surface area contributed by atoms with E-state index < -0.39 is 35.3 Å². The van der Waals surface area contributed by atoms with Crippen molar-refractivity contribution in [2.24, 2.45) is 0 Å². The molecule has 6 nitrogen and oxygen atoms in total. The first kappa shape index (κ1) is 26.0. The summed E-state index contributed by atoms with van der Waals surface area (Å²) >= 11 is 0. The summed E-state index contributed by atoms with van der Waals surface area (Å²) in [5.41, 5.74) is -1.35. The maximum atomic E-state index is 13.1. The Morgan fingerprint density at radius 1 is 0.970 bits per heavy atom. The molecule has 12 heteroatoms. The van der Waals surface area contributed by atoms with Gasteiger partial charge in [0, 0.05) is 23.0 Å². The van der Waals surface area contributed by atoms with Crippen molar-refractivity contribution in [1.29, 1.82) is 0 Å². The molecule has 0 fully saturated rings. The van der Waals surface area contributed by atoms with Crippen molar-refractivity contribution in [3.63, 3.8) is 0 Å². The number of carbonyl (C=O) groups is 2. The highest BCUT2D eigenvalue weighted by molar-refractivity contribution is 6.14. The fourth-order valence-electron chi connectivity index (χ4n) is 3.05. The van der Waals surface area contributed by atoms with Gasteiger partial charge < -0.3 is 21.5 Å². The molecule has 0 aliphatic rings. The van der Waals surface area contributed by atoms with Crippen LogP contribution in [-0.4, -0.2) is 35.3 Å². The van der Waals surface area contributed by atoms with Crippen LogP contribution in [-0.2, 0) is 5.60 Å². The summed E-state index contributed by atoms with van der Waals surface area (Å²) in [6.45, 7) is 4.52. The van der Waals surface area contributed by atoms with Crippen molar-refractivity contribution >= 4 is 23.2 Å². The molecule has 0 saturated heterocycles. The highest BCUT2D eigenvalue weighted by Crippen LogP contribution is 2.50. The van der Waals surface area contributed by atoms with E-state index in [1.807, 2.05) is 0 Å². The van der Waals surface area contributed by atoms with Crippen LogP contribution >= 0.6 is 0 Å². The van der Waals surface area contributed by atoms with E-state index in [0.29, 0.717) is 12.1 Å². The van der Waals surface area contributed by atoms with E-state index in [-0.39, 0.29) is 34.1 Å². The molecule has 180 valence electrons. The maximum Gasteiger partial charge on any atom is 0.430 e. The number of amides is 2. The van der Waals surface area contributed by atoms with Crippen LogP contribution < -0.4 is 16.4 Å². The molecule has 2 aromatic carbocycles. The highest BCUT2D eigenvalue weighted by atomic mass is 19.4. The molecule has 2 rings (SSSR count). The molecule has 0 heterocycles. The van der Waals surface area contributed by atoms with Crippen molar-refractivity contribution in [2.45, 2.75) is 44.8 Å². The van der Waals surface area contributed by atoms with Gasteiger partial charge in [-0.1, -0.05) is 18.2 Å². The number of carbonyl (C=O) groups excluding carboxylic acids is 2. The second-order valence-corrected chi connectivity index (χ2v) is 7.59. The largest absolute Gasteiger partial charge is 0.430 e. The van der Waals surface area contributed by atoms with Crippen LogP contribution in [0.5, 0.6) is 0 Å². The van der Waals surface area contributed by atoms with Gasteiger partial charge in [-0.3, -0.25) is 9.59 Å². The van der Waals surface area contributed by atoms with Gasteiger partial charge in [0.1, 0.15) is 0 Å². The zero-order chi connectivity index (χ0) is 25.4. The molecule has 33 heavy (non-hydrogen) atoms. The number of hydrogen-bond acceptors (Lipinski definition) is 4. The number of benzene rings is 2.